The van der Waals surface area contributed by atoms with Crippen molar-refractivity contribution < 1.29 is 9.59 Å². The Balaban J connectivity index is 1.78. The van der Waals surface area contributed by atoms with Crippen molar-refractivity contribution >= 4 is 35.0 Å². The number of amides is 2. The third kappa shape index (κ3) is 5.99. The number of rotatable bonds is 7. The topological polar surface area (TPSA) is 49.4 Å². The Hall–Kier alpha value is -2.04. The number of nitrogens with zero attached hydrogens (tertiary/aromatic N) is 1. The van der Waals surface area contributed by atoms with Gasteiger partial charge in [0.2, 0.25) is 11.8 Å². The summed E-state index contributed by atoms with van der Waals surface area (Å²) in [6.45, 7) is 4.19. The fourth-order valence-electron chi connectivity index (χ4n) is 3.91. The molecule has 1 aliphatic carbocycles. The summed E-state index contributed by atoms with van der Waals surface area (Å²) in [6.07, 6.45) is 4.45. The first-order valence-corrected chi connectivity index (χ1v) is 11.2. The van der Waals surface area contributed by atoms with Crippen LogP contribution in [-0.2, 0) is 22.6 Å². The van der Waals surface area contributed by atoms with Crippen LogP contribution in [0.5, 0.6) is 0 Å². The highest BCUT2D eigenvalue weighted by atomic mass is 35.5. The SMILES string of the molecule is Cc1cccc(CN(C(=O)Cc2ccc(Cl)c(Cl)c2)[C@H](C)C(=O)NC2CCCC2)c1. The molecule has 0 bridgehead atoms. The van der Waals surface area contributed by atoms with Gasteiger partial charge in [0.25, 0.3) is 0 Å². The van der Waals surface area contributed by atoms with Crippen LogP contribution in [0.4, 0.5) is 0 Å². The van der Waals surface area contributed by atoms with Crippen molar-refractivity contribution in [2.75, 3.05) is 0 Å². The largest absolute Gasteiger partial charge is 0.352 e. The number of benzene rings is 2. The molecule has 0 saturated heterocycles. The van der Waals surface area contributed by atoms with E-state index in [1.165, 1.54) is 0 Å². The fraction of sp³-hybridized carbons (Fsp3) is 0.417. The van der Waals surface area contributed by atoms with Gasteiger partial charge in [-0.15, -0.1) is 0 Å². The second-order valence-corrected chi connectivity index (χ2v) is 8.92. The first-order valence-electron chi connectivity index (χ1n) is 10.4. The molecule has 1 fully saturated rings. The summed E-state index contributed by atoms with van der Waals surface area (Å²) in [5.41, 5.74) is 2.89. The lowest BCUT2D eigenvalue weighted by Crippen LogP contribution is -2.50. The van der Waals surface area contributed by atoms with Crippen LogP contribution in [0.15, 0.2) is 42.5 Å². The van der Waals surface area contributed by atoms with Gasteiger partial charge < -0.3 is 10.2 Å². The third-order valence-electron chi connectivity index (χ3n) is 5.64. The van der Waals surface area contributed by atoms with Crippen LogP contribution in [0.2, 0.25) is 10.0 Å². The maximum atomic E-state index is 13.3. The Morgan fingerprint density at radius 1 is 1.07 bits per heavy atom. The van der Waals surface area contributed by atoms with Crippen molar-refractivity contribution in [3.8, 4) is 0 Å². The number of halogens is 2. The summed E-state index contributed by atoms with van der Waals surface area (Å²) >= 11 is 12.1. The molecule has 2 amide bonds. The third-order valence-corrected chi connectivity index (χ3v) is 6.38. The van der Waals surface area contributed by atoms with E-state index in [1.54, 1.807) is 30.0 Å². The summed E-state index contributed by atoms with van der Waals surface area (Å²) in [5.74, 6) is -0.221. The lowest BCUT2D eigenvalue weighted by atomic mass is 10.1. The van der Waals surface area contributed by atoms with E-state index >= 15 is 0 Å². The zero-order valence-electron chi connectivity index (χ0n) is 17.5. The molecule has 0 radical (unpaired) electrons. The summed E-state index contributed by atoms with van der Waals surface area (Å²) in [5, 5.41) is 3.99. The molecule has 4 nitrogen and oxygen atoms in total. The fourth-order valence-corrected chi connectivity index (χ4v) is 4.23. The van der Waals surface area contributed by atoms with Gasteiger partial charge in [-0.2, -0.15) is 0 Å². The molecule has 160 valence electrons. The molecule has 1 N–H and O–H groups in total. The number of nitrogens with one attached hydrogen (secondary N) is 1. The molecule has 2 aromatic rings. The van der Waals surface area contributed by atoms with Crippen LogP contribution >= 0.6 is 23.2 Å². The number of carbonyl (C=O) groups excluding carboxylic acids is 2. The van der Waals surface area contributed by atoms with Crippen LogP contribution in [0.3, 0.4) is 0 Å². The lowest BCUT2D eigenvalue weighted by Gasteiger charge is -2.30. The molecular formula is C24H28Cl2N2O2. The average Bonchev–Trinajstić information content (AvgIpc) is 3.21. The minimum Gasteiger partial charge on any atom is -0.352 e. The maximum Gasteiger partial charge on any atom is 0.242 e. The Morgan fingerprint density at radius 2 is 1.80 bits per heavy atom. The summed E-state index contributed by atoms with van der Waals surface area (Å²) < 4.78 is 0. The van der Waals surface area contributed by atoms with Gasteiger partial charge in [0.15, 0.2) is 0 Å². The molecule has 0 aromatic heterocycles. The predicted octanol–water partition coefficient (Wildman–Crippen LogP) is 5.32. The van der Waals surface area contributed by atoms with Crippen LogP contribution in [0.1, 0.15) is 49.3 Å². The highest BCUT2D eigenvalue weighted by Gasteiger charge is 2.28. The molecule has 30 heavy (non-hydrogen) atoms. The molecule has 0 unspecified atom stereocenters. The molecule has 1 atom stereocenters. The molecule has 0 aliphatic heterocycles. The van der Waals surface area contributed by atoms with Gasteiger partial charge in [-0.1, -0.05) is 71.9 Å². The van der Waals surface area contributed by atoms with Gasteiger partial charge in [-0.3, -0.25) is 9.59 Å². The minimum absolute atomic E-state index is 0.1000. The smallest absolute Gasteiger partial charge is 0.242 e. The van der Waals surface area contributed by atoms with E-state index in [2.05, 4.69) is 5.32 Å². The van der Waals surface area contributed by atoms with E-state index in [-0.39, 0.29) is 24.3 Å². The molecule has 0 spiro atoms. The van der Waals surface area contributed by atoms with Gasteiger partial charge in [-0.25, -0.2) is 0 Å². The number of carbonyl (C=O) groups is 2. The quantitative estimate of drug-likeness (QED) is 0.625. The Kier molecular flexibility index (Phi) is 7.79. The summed E-state index contributed by atoms with van der Waals surface area (Å²) in [7, 11) is 0. The van der Waals surface area contributed by atoms with Crippen molar-refractivity contribution in [3.05, 3.63) is 69.2 Å². The second-order valence-electron chi connectivity index (χ2n) is 8.10. The van der Waals surface area contributed by atoms with Gasteiger partial charge >= 0.3 is 0 Å². The van der Waals surface area contributed by atoms with Crippen molar-refractivity contribution in [2.24, 2.45) is 0 Å². The number of aryl methyl sites for hydroxylation is 1. The number of hydrogen-bond acceptors (Lipinski definition) is 2. The first-order chi connectivity index (χ1) is 14.3. The molecule has 1 aliphatic rings. The molecular weight excluding hydrogens is 419 g/mol. The van der Waals surface area contributed by atoms with Crippen LogP contribution in [-0.4, -0.2) is 28.8 Å². The van der Waals surface area contributed by atoms with Crippen LogP contribution in [0.25, 0.3) is 0 Å². The second kappa shape index (κ2) is 10.3. The average molecular weight is 447 g/mol. The van der Waals surface area contributed by atoms with E-state index in [0.29, 0.717) is 16.6 Å². The first kappa shape index (κ1) is 22.6. The molecule has 3 rings (SSSR count). The van der Waals surface area contributed by atoms with Gasteiger partial charge in [0.1, 0.15) is 6.04 Å². The van der Waals surface area contributed by atoms with Crippen molar-refractivity contribution in [3.63, 3.8) is 0 Å². The summed E-state index contributed by atoms with van der Waals surface area (Å²) in [4.78, 5) is 27.8. The van der Waals surface area contributed by atoms with Crippen LogP contribution < -0.4 is 5.32 Å². The monoisotopic (exact) mass is 446 g/mol. The molecule has 0 heterocycles. The Bertz CT molecular complexity index is 910. The molecule has 1 saturated carbocycles. The van der Waals surface area contributed by atoms with Crippen molar-refractivity contribution in [1.29, 1.82) is 0 Å². The highest BCUT2D eigenvalue weighted by molar-refractivity contribution is 6.42. The highest BCUT2D eigenvalue weighted by Crippen LogP contribution is 2.24. The van der Waals surface area contributed by atoms with E-state index in [9.17, 15) is 9.59 Å². The minimum atomic E-state index is -0.568. The van der Waals surface area contributed by atoms with Gasteiger partial charge in [0, 0.05) is 12.6 Å². The number of hydrogen-bond donors (Lipinski definition) is 1. The van der Waals surface area contributed by atoms with Gasteiger partial charge in [-0.05, 0) is 49.9 Å². The van der Waals surface area contributed by atoms with Crippen LogP contribution in [0, 0.1) is 6.92 Å². The maximum absolute atomic E-state index is 13.3. The van der Waals surface area contributed by atoms with Crippen molar-refractivity contribution in [1.82, 2.24) is 10.2 Å². The van der Waals surface area contributed by atoms with E-state index in [1.807, 2.05) is 31.2 Å². The van der Waals surface area contributed by atoms with E-state index in [0.717, 1.165) is 42.4 Å². The van der Waals surface area contributed by atoms with E-state index in [4.69, 9.17) is 23.2 Å². The molecule has 2 aromatic carbocycles. The molecule has 6 heteroatoms. The zero-order valence-corrected chi connectivity index (χ0v) is 19.0. The Labute approximate surface area is 188 Å². The van der Waals surface area contributed by atoms with E-state index < -0.39 is 6.04 Å². The zero-order chi connectivity index (χ0) is 21.7. The Morgan fingerprint density at radius 3 is 2.47 bits per heavy atom. The summed E-state index contributed by atoms with van der Waals surface area (Å²) in [6, 6.07) is 12.8. The van der Waals surface area contributed by atoms with Crippen molar-refractivity contribution in [2.45, 2.75) is 64.6 Å². The normalized spacial score (nSPS) is 15.1. The predicted molar refractivity (Wildman–Crippen MR) is 122 cm³/mol. The standard InChI is InChI=1S/C24H28Cl2N2O2/c1-16-6-5-7-19(12-16)15-28(17(2)24(30)27-20-8-3-4-9-20)23(29)14-18-10-11-21(25)22(26)13-18/h5-7,10-13,17,20H,3-4,8-9,14-15H2,1-2H3,(H,27,30)/t17-/m1/s1. The lowest BCUT2D eigenvalue weighted by molar-refractivity contribution is -0.140. The van der Waals surface area contributed by atoms with Gasteiger partial charge in [0.05, 0.1) is 16.5 Å².